The van der Waals surface area contributed by atoms with Crippen LogP contribution in [0.25, 0.3) is 10.8 Å². The fraction of sp³-hybridized carbons (Fsp3) is 0.176. The second-order valence-corrected chi connectivity index (χ2v) is 4.76. The Bertz CT molecular complexity index is 674. The molecular formula is C17H18N2O2. The molecule has 0 unspecified atom stereocenters. The summed E-state index contributed by atoms with van der Waals surface area (Å²) in [7, 11) is 0. The SMILES string of the molecule is C=CCN(CC(=O)Nc1cccc2ccccc12)C(C)=O. The van der Waals surface area contributed by atoms with Crippen molar-refractivity contribution in [3.63, 3.8) is 0 Å². The zero-order chi connectivity index (χ0) is 15.2. The molecule has 0 aliphatic rings. The van der Waals surface area contributed by atoms with E-state index in [4.69, 9.17) is 0 Å². The van der Waals surface area contributed by atoms with E-state index in [-0.39, 0.29) is 18.4 Å². The van der Waals surface area contributed by atoms with E-state index >= 15 is 0 Å². The van der Waals surface area contributed by atoms with Crippen molar-refractivity contribution >= 4 is 28.3 Å². The van der Waals surface area contributed by atoms with Gasteiger partial charge in [-0.1, -0.05) is 42.5 Å². The van der Waals surface area contributed by atoms with Crippen molar-refractivity contribution in [1.82, 2.24) is 4.90 Å². The molecule has 0 bridgehead atoms. The first kappa shape index (κ1) is 14.8. The first-order valence-electron chi connectivity index (χ1n) is 6.76. The molecule has 0 atom stereocenters. The average molecular weight is 282 g/mol. The Morgan fingerprint density at radius 2 is 1.90 bits per heavy atom. The van der Waals surface area contributed by atoms with Crippen molar-refractivity contribution < 1.29 is 9.59 Å². The minimum absolute atomic E-state index is 0.0184. The van der Waals surface area contributed by atoms with Gasteiger partial charge < -0.3 is 10.2 Å². The lowest BCUT2D eigenvalue weighted by molar-refractivity contribution is -0.132. The van der Waals surface area contributed by atoms with Gasteiger partial charge in [-0.3, -0.25) is 9.59 Å². The molecule has 2 aromatic rings. The highest BCUT2D eigenvalue weighted by Crippen LogP contribution is 2.22. The lowest BCUT2D eigenvalue weighted by Gasteiger charge is -2.18. The van der Waals surface area contributed by atoms with Crippen LogP contribution in [0.2, 0.25) is 0 Å². The molecule has 0 saturated heterocycles. The molecule has 0 radical (unpaired) electrons. The summed E-state index contributed by atoms with van der Waals surface area (Å²) in [6.45, 7) is 5.41. The van der Waals surface area contributed by atoms with Crippen molar-refractivity contribution in [3.8, 4) is 0 Å². The summed E-state index contributed by atoms with van der Waals surface area (Å²) in [4.78, 5) is 25.0. The van der Waals surface area contributed by atoms with Crippen LogP contribution in [0, 0.1) is 0 Å². The molecular weight excluding hydrogens is 264 g/mol. The first-order valence-corrected chi connectivity index (χ1v) is 6.76. The standard InChI is InChI=1S/C17H18N2O2/c1-3-11-19(13(2)20)12-17(21)18-16-10-6-8-14-7-4-5-9-15(14)16/h3-10H,1,11-12H2,2H3,(H,18,21). The van der Waals surface area contributed by atoms with E-state index in [1.54, 1.807) is 6.08 Å². The van der Waals surface area contributed by atoms with Crippen LogP contribution >= 0.6 is 0 Å². The first-order chi connectivity index (χ1) is 10.1. The molecule has 0 fully saturated rings. The minimum Gasteiger partial charge on any atom is -0.330 e. The summed E-state index contributed by atoms with van der Waals surface area (Å²) in [5.41, 5.74) is 0.750. The van der Waals surface area contributed by atoms with Crippen LogP contribution in [-0.2, 0) is 9.59 Å². The second kappa shape index (κ2) is 6.70. The number of nitrogens with one attached hydrogen (secondary N) is 1. The van der Waals surface area contributed by atoms with Gasteiger partial charge in [-0.2, -0.15) is 0 Å². The fourth-order valence-corrected chi connectivity index (χ4v) is 2.16. The number of amides is 2. The maximum absolute atomic E-state index is 12.1. The Balaban J connectivity index is 2.14. The summed E-state index contributed by atoms with van der Waals surface area (Å²) in [6.07, 6.45) is 1.60. The normalized spacial score (nSPS) is 10.1. The molecule has 1 N–H and O–H groups in total. The number of fused-ring (bicyclic) bond motifs is 1. The molecule has 4 heteroatoms. The Hall–Kier alpha value is -2.62. The highest BCUT2D eigenvalue weighted by atomic mass is 16.2. The van der Waals surface area contributed by atoms with E-state index in [0.29, 0.717) is 6.54 Å². The molecule has 2 amide bonds. The maximum atomic E-state index is 12.1. The minimum atomic E-state index is -0.219. The van der Waals surface area contributed by atoms with Crippen LogP contribution < -0.4 is 5.32 Å². The third kappa shape index (κ3) is 3.69. The van der Waals surface area contributed by atoms with Crippen LogP contribution in [0.15, 0.2) is 55.1 Å². The molecule has 21 heavy (non-hydrogen) atoms. The molecule has 0 heterocycles. The fourth-order valence-electron chi connectivity index (χ4n) is 2.16. The largest absolute Gasteiger partial charge is 0.330 e. The second-order valence-electron chi connectivity index (χ2n) is 4.76. The Labute approximate surface area is 124 Å². The van der Waals surface area contributed by atoms with Gasteiger partial charge in [0.25, 0.3) is 0 Å². The summed E-state index contributed by atoms with van der Waals surface area (Å²) in [6, 6.07) is 13.6. The zero-order valence-electron chi connectivity index (χ0n) is 12.0. The maximum Gasteiger partial charge on any atom is 0.244 e. The van der Waals surface area contributed by atoms with Crippen molar-refractivity contribution in [2.24, 2.45) is 0 Å². The summed E-state index contributed by atoms with van der Waals surface area (Å²) >= 11 is 0. The number of carbonyl (C=O) groups is 2. The van der Waals surface area contributed by atoms with E-state index < -0.39 is 0 Å². The summed E-state index contributed by atoms with van der Waals surface area (Å²) in [5.74, 6) is -0.369. The number of anilines is 1. The van der Waals surface area contributed by atoms with Gasteiger partial charge >= 0.3 is 0 Å². The lowest BCUT2D eigenvalue weighted by atomic mass is 10.1. The predicted octanol–water partition coefficient (Wildman–Crippen LogP) is 2.81. The van der Waals surface area contributed by atoms with Gasteiger partial charge in [0.05, 0.1) is 0 Å². The monoisotopic (exact) mass is 282 g/mol. The molecule has 2 aromatic carbocycles. The van der Waals surface area contributed by atoms with Crippen molar-refractivity contribution in [3.05, 3.63) is 55.1 Å². The Kier molecular flexibility index (Phi) is 4.72. The zero-order valence-corrected chi connectivity index (χ0v) is 12.0. The van der Waals surface area contributed by atoms with E-state index in [0.717, 1.165) is 16.5 Å². The topological polar surface area (TPSA) is 49.4 Å². The number of rotatable bonds is 5. The predicted molar refractivity (Wildman–Crippen MR) is 85.0 cm³/mol. The average Bonchev–Trinajstić information content (AvgIpc) is 2.47. The molecule has 4 nitrogen and oxygen atoms in total. The van der Waals surface area contributed by atoms with Crippen molar-refractivity contribution in [1.29, 1.82) is 0 Å². The molecule has 0 aliphatic carbocycles. The highest BCUT2D eigenvalue weighted by molar-refractivity contribution is 6.03. The third-order valence-corrected chi connectivity index (χ3v) is 3.19. The number of hydrogen-bond acceptors (Lipinski definition) is 2. The van der Waals surface area contributed by atoms with Crippen molar-refractivity contribution in [2.75, 3.05) is 18.4 Å². The molecule has 108 valence electrons. The molecule has 0 saturated carbocycles. The molecule has 0 aromatic heterocycles. The van der Waals surface area contributed by atoms with Crippen LogP contribution in [0.5, 0.6) is 0 Å². The van der Waals surface area contributed by atoms with Gasteiger partial charge in [-0.25, -0.2) is 0 Å². The third-order valence-electron chi connectivity index (χ3n) is 3.19. The Morgan fingerprint density at radius 3 is 2.62 bits per heavy atom. The summed E-state index contributed by atoms with van der Waals surface area (Å²) < 4.78 is 0. The van der Waals surface area contributed by atoms with Crippen LogP contribution in [0.4, 0.5) is 5.69 Å². The van der Waals surface area contributed by atoms with Gasteiger partial charge in [-0.15, -0.1) is 6.58 Å². The van der Waals surface area contributed by atoms with E-state index in [2.05, 4.69) is 11.9 Å². The van der Waals surface area contributed by atoms with Gasteiger partial charge in [-0.05, 0) is 11.5 Å². The van der Waals surface area contributed by atoms with Gasteiger partial charge in [0.2, 0.25) is 11.8 Å². The molecule has 0 aliphatic heterocycles. The van der Waals surface area contributed by atoms with Crippen molar-refractivity contribution in [2.45, 2.75) is 6.92 Å². The van der Waals surface area contributed by atoms with Gasteiger partial charge in [0, 0.05) is 24.5 Å². The van der Waals surface area contributed by atoms with E-state index in [1.165, 1.54) is 11.8 Å². The smallest absolute Gasteiger partial charge is 0.244 e. The van der Waals surface area contributed by atoms with Crippen LogP contribution in [0.3, 0.4) is 0 Å². The van der Waals surface area contributed by atoms with Crippen LogP contribution in [0.1, 0.15) is 6.92 Å². The summed E-state index contributed by atoms with van der Waals surface area (Å²) in [5, 5.41) is 4.90. The molecule has 0 spiro atoms. The lowest BCUT2D eigenvalue weighted by Crippen LogP contribution is -2.36. The number of carbonyl (C=O) groups excluding carboxylic acids is 2. The van der Waals surface area contributed by atoms with E-state index in [1.807, 2.05) is 42.5 Å². The van der Waals surface area contributed by atoms with Gasteiger partial charge in [0.15, 0.2) is 0 Å². The van der Waals surface area contributed by atoms with Crippen LogP contribution in [-0.4, -0.2) is 29.8 Å². The number of benzene rings is 2. The number of hydrogen-bond donors (Lipinski definition) is 1. The molecule has 2 rings (SSSR count). The Morgan fingerprint density at radius 1 is 1.19 bits per heavy atom. The van der Waals surface area contributed by atoms with E-state index in [9.17, 15) is 9.59 Å². The van der Waals surface area contributed by atoms with Gasteiger partial charge in [0.1, 0.15) is 6.54 Å². The number of nitrogens with zero attached hydrogens (tertiary/aromatic N) is 1. The highest BCUT2D eigenvalue weighted by Gasteiger charge is 2.13. The quantitative estimate of drug-likeness (QED) is 0.857.